The van der Waals surface area contributed by atoms with E-state index in [0.29, 0.717) is 11.7 Å². The number of nitrogens with zero attached hydrogens (tertiary/aromatic N) is 4. The molecular weight excluding hydrogens is 188 g/mol. The highest BCUT2D eigenvalue weighted by atomic mass is 15.4. The van der Waals surface area contributed by atoms with Crippen LogP contribution in [-0.2, 0) is 0 Å². The second-order valence-electron chi connectivity index (χ2n) is 3.58. The van der Waals surface area contributed by atoms with E-state index in [9.17, 15) is 0 Å². The number of benzene rings is 1. The van der Waals surface area contributed by atoms with Gasteiger partial charge in [0.25, 0.3) is 0 Å². The van der Waals surface area contributed by atoms with Crippen molar-refractivity contribution in [1.29, 1.82) is 0 Å². The maximum absolute atomic E-state index is 6.97. The van der Waals surface area contributed by atoms with Gasteiger partial charge in [-0.3, -0.25) is 0 Å². The summed E-state index contributed by atoms with van der Waals surface area (Å²) in [4.78, 5) is 3.41. The molecule has 0 aliphatic carbocycles. The van der Waals surface area contributed by atoms with E-state index in [0.717, 1.165) is 17.5 Å². The smallest absolute Gasteiger partial charge is 0.189 e. The monoisotopic (exact) mass is 200 g/mol. The molecule has 2 aromatic rings. The quantitative estimate of drug-likeness (QED) is 0.698. The van der Waals surface area contributed by atoms with Gasteiger partial charge < -0.3 is 0 Å². The maximum Gasteiger partial charge on any atom is 0.189 e. The van der Waals surface area contributed by atoms with Crippen LogP contribution in [-0.4, -0.2) is 15.0 Å². The highest BCUT2D eigenvalue weighted by Gasteiger charge is 2.09. The summed E-state index contributed by atoms with van der Waals surface area (Å²) in [7, 11) is 0. The fraction of sp³-hybridized carbons (Fsp3) is 0.364. The zero-order chi connectivity index (χ0) is 10.8. The molecule has 0 spiro atoms. The molecule has 0 saturated carbocycles. The first-order chi connectivity index (χ1) is 7.26. The molecule has 0 amide bonds. The normalized spacial score (nSPS) is 12.6. The van der Waals surface area contributed by atoms with Gasteiger partial charge in [-0.25, -0.2) is 9.53 Å². The SMILES string of the molecule is [C-]#[N+]c1ccc2nnn(C(C)CC)c2c1. The van der Waals surface area contributed by atoms with Crippen LogP contribution >= 0.6 is 0 Å². The minimum absolute atomic E-state index is 0.316. The van der Waals surface area contributed by atoms with Crippen molar-refractivity contribution >= 4 is 16.7 Å². The Labute approximate surface area is 88.3 Å². The molecule has 4 nitrogen and oxygen atoms in total. The molecule has 1 unspecified atom stereocenters. The predicted molar refractivity (Wildman–Crippen MR) is 58.8 cm³/mol. The highest BCUT2D eigenvalue weighted by molar-refractivity contribution is 5.79. The van der Waals surface area contributed by atoms with Crippen LogP contribution in [0, 0.1) is 6.57 Å². The molecule has 1 heterocycles. The Morgan fingerprint density at radius 1 is 1.53 bits per heavy atom. The first-order valence-corrected chi connectivity index (χ1v) is 4.98. The van der Waals surface area contributed by atoms with Gasteiger partial charge in [0.05, 0.1) is 18.1 Å². The lowest BCUT2D eigenvalue weighted by Crippen LogP contribution is -2.05. The van der Waals surface area contributed by atoms with E-state index in [1.807, 2.05) is 16.8 Å². The van der Waals surface area contributed by atoms with Crippen molar-refractivity contribution in [1.82, 2.24) is 15.0 Å². The highest BCUT2D eigenvalue weighted by Crippen LogP contribution is 2.22. The lowest BCUT2D eigenvalue weighted by molar-refractivity contribution is 0.478. The molecule has 0 saturated heterocycles. The van der Waals surface area contributed by atoms with E-state index in [4.69, 9.17) is 6.57 Å². The Morgan fingerprint density at radius 2 is 2.33 bits per heavy atom. The topological polar surface area (TPSA) is 35.1 Å². The van der Waals surface area contributed by atoms with Crippen molar-refractivity contribution in [2.75, 3.05) is 0 Å². The maximum atomic E-state index is 6.97. The first kappa shape index (κ1) is 9.66. The van der Waals surface area contributed by atoms with Crippen molar-refractivity contribution in [2.45, 2.75) is 26.3 Å². The molecule has 0 fully saturated rings. The average Bonchev–Trinajstić information content (AvgIpc) is 2.70. The summed E-state index contributed by atoms with van der Waals surface area (Å²) in [5.41, 5.74) is 2.43. The third-order valence-corrected chi connectivity index (χ3v) is 2.59. The van der Waals surface area contributed by atoms with E-state index in [-0.39, 0.29) is 0 Å². The number of rotatable bonds is 2. The van der Waals surface area contributed by atoms with Gasteiger partial charge in [-0.05, 0) is 25.5 Å². The molecular formula is C11H12N4. The van der Waals surface area contributed by atoms with Crippen LogP contribution < -0.4 is 0 Å². The molecule has 1 aromatic heterocycles. The van der Waals surface area contributed by atoms with Gasteiger partial charge in [-0.1, -0.05) is 18.2 Å². The molecule has 2 rings (SSSR count). The van der Waals surface area contributed by atoms with Crippen LogP contribution in [0.1, 0.15) is 26.3 Å². The zero-order valence-corrected chi connectivity index (χ0v) is 8.81. The number of aromatic nitrogens is 3. The van der Waals surface area contributed by atoms with Crippen molar-refractivity contribution < 1.29 is 0 Å². The molecule has 1 atom stereocenters. The lowest BCUT2D eigenvalue weighted by Gasteiger charge is -2.08. The fourth-order valence-electron chi connectivity index (χ4n) is 1.49. The molecule has 15 heavy (non-hydrogen) atoms. The van der Waals surface area contributed by atoms with Gasteiger partial charge in [0.1, 0.15) is 5.52 Å². The average molecular weight is 200 g/mol. The number of hydrogen-bond acceptors (Lipinski definition) is 2. The third kappa shape index (κ3) is 1.57. The van der Waals surface area contributed by atoms with Gasteiger partial charge in [0.15, 0.2) is 5.69 Å². The Morgan fingerprint density at radius 3 is 3.00 bits per heavy atom. The van der Waals surface area contributed by atoms with Crippen LogP contribution in [0.5, 0.6) is 0 Å². The Bertz CT molecular complexity index is 521. The van der Waals surface area contributed by atoms with Crippen LogP contribution in [0.15, 0.2) is 18.2 Å². The summed E-state index contributed by atoms with van der Waals surface area (Å²) in [5.74, 6) is 0. The third-order valence-electron chi connectivity index (χ3n) is 2.59. The summed E-state index contributed by atoms with van der Waals surface area (Å²) in [6.07, 6.45) is 1.00. The van der Waals surface area contributed by atoms with E-state index in [2.05, 4.69) is 29.0 Å². The fourth-order valence-corrected chi connectivity index (χ4v) is 1.49. The summed E-state index contributed by atoms with van der Waals surface area (Å²) >= 11 is 0. The van der Waals surface area contributed by atoms with Crippen molar-refractivity contribution in [2.24, 2.45) is 0 Å². The van der Waals surface area contributed by atoms with Crippen molar-refractivity contribution in [3.8, 4) is 0 Å². The van der Waals surface area contributed by atoms with Crippen LogP contribution in [0.2, 0.25) is 0 Å². The Balaban J connectivity index is 2.62. The molecule has 1 aromatic carbocycles. The Kier molecular flexibility index (Phi) is 2.38. The van der Waals surface area contributed by atoms with Crippen LogP contribution in [0.3, 0.4) is 0 Å². The van der Waals surface area contributed by atoms with Gasteiger partial charge in [0.2, 0.25) is 0 Å². The number of fused-ring (bicyclic) bond motifs is 1. The summed E-state index contributed by atoms with van der Waals surface area (Å²) in [5, 5.41) is 8.18. The molecule has 0 radical (unpaired) electrons. The standard InChI is InChI=1S/C11H12N4/c1-4-8(2)15-11-7-9(12-3)5-6-10(11)13-14-15/h5-8H,4H2,1-2H3. The van der Waals surface area contributed by atoms with Gasteiger partial charge >= 0.3 is 0 Å². The van der Waals surface area contributed by atoms with Crippen LogP contribution in [0.25, 0.3) is 15.9 Å². The molecule has 4 heteroatoms. The summed E-state index contributed by atoms with van der Waals surface area (Å²) in [6.45, 7) is 11.2. The predicted octanol–water partition coefficient (Wildman–Crippen LogP) is 2.95. The van der Waals surface area contributed by atoms with E-state index in [1.54, 1.807) is 6.07 Å². The minimum atomic E-state index is 0.316. The second-order valence-corrected chi connectivity index (χ2v) is 3.58. The second kappa shape index (κ2) is 3.70. The molecule has 0 aliphatic rings. The van der Waals surface area contributed by atoms with Crippen molar-refractivity contribution in [3.05, 3.63) is 29.6 Å². The van der Waals surface area contributed by atoms with Gasteiger partial charge in [0, 0.05) is 0 Å². The summed E-state index contributed by atoms with van der Waals surface area (Å²) in [6, 6.07) is 5.77. The summed E-state index contributed by atoms with van der Waals surface area (Å²) < 4.78 is 1.88. The van der Waals surface area contributed by atoms with E-state index >= 15 is 0 Å². The Hall–Kier alpha value is -1.89. The molecule has 0 aliphatic heterocycles. The van der Waals surface area contributed by atoms with Gasteiger partial charge in [-0.15, -0.1) is 5.10 Å². The number of hydrogen-bond donors (Lipinski definition) is 0. The van der Waals surface area contributed by atoms with E-state index < -0.39 is 0 Å². The first-order valence-electron chi connectivity index (χ1n) is 4.98. The molecule has 0 N–H and O–H groups in total. The van der Waals surface area contributed by atoms with Crippen molar-refractivity contribution in [3.63, 3.8) is 0 Å². The van der Waals surface area contributed by atoms with Gasteiger partial charge in [-0.2, -0.15) is 0 Å². The lowest BCUT2D eigenvalue weighted by atomic mass is 10.2. The minimum Gasteiger partial charge on any atom is -0.243 e. The van der Waals surface area contributed by atoms with Crippen LogP contribution in [0.4, 0.5) is 5.69 Å². The zero-order valence-electron chi connectivity index (χ0n) is 8.81. The van der Waals surface area contributed by atoms with E-state index in [1.165, 1.54) is 0 Å². The largest absolute Gasteiger partial charge is 0.243 e. The molecule has 0 bridgehead atoms. The molecule has 76 valence electrons.